The number of methoxy groups -OCH3 is 1. The van der Waals surface area contributed by atoms with E-state index in [-0.39, 0.29) is 22.6 Å². The zero-order chi connectivity index (χ0) is 12.3. The van der Waals surface area contributed by atoms with Crippen molar-refractivity contribution < 1.29 is 14.5 Å². The van der Waals surface area contributed by atoms with E-state index in [4.69, 9.17) is 10.00 Å². The minimum absolute atomic E-state index is 0.0354. The van der Waals surface area contributed by atoms with Gasteiger partial charge in [-0.2, -0.15) is 5.26 Å². The first-order chi connectivity index (χ1) is 7.51. The maximum absolute atomic E-state index is 11.3. The number of carbonyl (C=O) groups excluding carboxylic acids is 1. The minimum atomic E-state index is -0.688. The summed E-state index contributed by atoms with van der Waals surface area (Å²) >= 11 is 0. The molecule has 0 aliphatic heterocycles. The van der Waals surface area contributed by atoms with Crippen LogP contribution in [0, 0.1) is 21.4 Å². The molecule has 0 atom stereocenters. The van der Waals surface area contributed by atoms with Gasteiger partial charge in [0.25, 0.3) is 0 Å². The van der Waals surface area contributed by atoms with Gasteiger partial charge in [0.05, 0.1) is 29.2 Å². The molecule has 16 heavy (non-hydrogen) atoms. The highest BCUT2D eigenvalue weighted by Crippen LogP contribution is 2.32. The Hall–Kier alpha value is -2.42. The van der Waals surface area contributed by atoms with Gasteiger partial charge >= 0.3 is 5.69 Å². The highest BCUT2D eigenvalue weighted by Gasteiger charge is 2.22. The smallest absolute Gasteiger partial charge is 0.313 e. The summed E-state index contributed by atoms with van der Waals surface area (Å²) in [6.45, 7) is 1.25. The Balaban J connectivity index is 3.61. The number of nitriles is 1. The van der Waals surface area contributed by atoms with Crippen LogP contribution in [-0.4, -0.2) is 17.8 Å². The van der Waals surface area contributed by atoms with E-state index in [1.165, 1.54) is 20.1 Å². The van der Waals surface area contributed by atoms with E-state index in [0.29, 0.717) is 0 Å². The molecular weight excluding hydrogens is 212 g/mol. The van der Waals surface area contributed by atoms with Gasteiger partial charge in [0.2, 0.25) is 5.75 Å². The van der Waals surface area contributed by atoms with Crippen molar-refractivity contribution in [3.8, 4) is 11.8 Å². The number of benzene rings is 1. The molecule has 1 aromatic carbocycles. The van der Waals surface area contributed by atoms with Gasteiger partial charge in [-0.25, -0.2) is 0 Å². The minimum Gasteiger partial charge on any atom is -0.490 e. The summed E-state index contributed by atoms with van der Waals surface area (Å²) in [7, 11) is 1.24. The number of nitro groups is 1. The summed E-state index contributed by atoms with van der Waals surface area (Å²) in [4.78, 5) is 21.3. The van der Waals surface area contributed by atoms with Crippen LogP contribution in [0.5, 0.6) is 5.75 Å². The lowest BCUT2D eigenvalue weighted by Gasteiger charge is -2.06. The number of hydrogen-bond acceptors (Lipinski definition) is 5. The van der Waals surface area contributed by atoms with Crippen LogP contribution in [0.15, 0.2) is 12.1 Å². The van der Waals surface area contributed by atoms with Crippen molar-refractivity contribution in [3.05, 3.63) is 33.4 Å². The molecular formula is C10H8N2O4. The van der Waals surface area contributed by atoms with Crippen molar-refractivity contribution in [1.82, 2.24) is 0 Å². The molecule has 0 aliphatic carbocycles. The van der Waals surface area contributed by atoms with Gasteiger partial charge < -0.3 is 4.74 Å². The lowest BCUT2D eigenvalue weighted by Crippen LogP contribution is -2.02. The van der Waals surface area contributed by atoms with Gasteiger partial charge in [-0.15, -0.1) is 0 Å². The average molecular weight is 220 g/mol. The zero-order valence-electron chi connectivity index (χ0n) is 8.68. The molecule has 0 amide bonds. The van der Waals surface area contributed by atoms with Crippen molar-refractivity contribution in [2.24, 2.45) is 0 Å². The Morgan fingerprint density at radius 2 is 2.19 bits per heavy atom. The first kappa shape index (κ1) is 11.7. The summed E-state index contributed by atoms with van der Waals surface area (Å²) in [6.07, 6.45) is 0. The summed E-state index contributed by atoms with van der Waals surface area (Å²) in [6, 6.07) is 4.10. The molecule has 0 spiro atoms. The molecule has 0 saturated carbocycles. The zero-order valence-corrected chi connectivity index (χ0v) is 8.68. The van der Waals surface area contributed by atoms with Gasteiger partial charge in [0.15, 0.2) is 5.78 Å². The molecule has 1 rings (SSSR count). The Morgan fingerprint density at radius 3 is 2.56 bits per heavy atom. The van der Waals surface area contributed by atoms with E-state index >= 15 is 0 Å². The van der Waals surface area contributed by atoms with E-state index in [0.717, 1.165) is 6.07 Å². The second-order valence-electron chi connectivity index (χ2n) is 3.00. The number of Topliss-reactive ketones (excluding diaryl/α,β-unsaturated/α-hetero) is 1. The molecule has 0 bridgehead atoms. The molecule has 6 heteroatoms. The van der Waals surface area contributed by atoms with Gasteiger partial charge in [0.1, 0.15) is 0 Å². The molecule has 6 nitrogen and oxygen atoms in total. The van der Waals surface area contributed by atoms with Gasteiger partial charge in [-0.05, 0) is 13.0 Å². The molecule has 0 aromatic heterocycles. The number of hydrogen-bond donors (Lipinski definition) is 0. The second-order valence-corrected chi connectivity index (χ2v) is 3.00. The predicted octanol–water partition coefficient (Wildman–Crippen LogP) is 1.68. The molecule has 0 radical (unpaired) electrons. The third-order valence-corrected chi connectivity index (χ3v) is 1.98. The lowest BCUT2D eigenvalue weighted by atomic mass is 10.1. The van der Waals surface area contributed by atoms with Gasteiger partial charge in [0, 0.05) is 6.07 Å². The van der Waals surface area contributed by atoms with E-state index < -0.39 is 10.7 Å². The first-order valence-electron chi connectivity index (χ1n) is 4.28. The third-order valence-electron chi connectivity index (χ3n) is 1.98. The topological polar surface area (TPSA) is 93.2 Å². The van der Waals surface area contributed by atoms with Crippen molar-refractivity contribution >= 4 is 11.5 Å². The summed E-state index contributed by atoms with van der Waals surface area (Å²) in [5.74, 6) is -0.506. The number of ketones is 1. The molecule has 0 heterocycles. The van der Waals surface area contributed by atoms with Crippen LogP contribution in [0.1, 0.15) is 22.8 Å². The fourth-order valence-electron chi connectivity index (χ4n) is 1.29. The van der Waals surface area contributed by atoms with Crippen molar-refractivity contribution in [1.29, 1.82) is 5.26 Å². The summed E-state index contributed by atoms with van der Waals surface area (Å²) in [5.41, 5.74) is -0.294. The molecule has 0 saturated heterocycles. The fraction of sp³-hybridized carbons (Fsp3) is 0.200. The monoisotopic (exact) mass is 220 g/mol. The molecule has 0 aliphatic rings. The second kappa shape index (κ2) is 4.40. The molecule has 82 valence electrons. The summed E-state index contributed by atoms with van der Waals surface area (Å²) in [5, 5.41) is 19.4. The third kappa shape index (κ3) is 1.98. The number of carbonyl (C=O) groups is 1. The van der Waals surface area contributed by atoms with Crippen LogP contribution in [0.3, 0.4) is 0 Å². The Bertz CT molecular complexity index is 467. The van der Waals surface area contributed by atoms with Crippen molar-refractivity contribution in [2.75, 3.05) is 7.11 Å². The maximum Gasteiger partial charge on any atom is 0.313 e. The lowest BCUT2D eigenvalue weighted by molar-refractivity contribution is -0.385. The number of nitro benzene ring substituents is 1. The SMILES string of the molecule is COc1c(C(C)=O)cc(C#N)cc1[N+](=O)[O-]. The van der Waals surface area contributed by atoms with Crippen LogP contribution in [0.25, 0.3) is 0 Å². The highest BCUT2D eigenvalue weighted by atomic mass is 16.6. The van der Waals surface area contributed by atoms with Crippen LogP contribution in [-0.2, 0) is 0 Å². The van der Waals surface area contributed by atoms with E-state index in [1.54, 1.807) is 6.07 Å². The van der Waals surface area contributed by atoms with E-state index in [9.17, 15) is 14.9 Å². The largest absolute Gasteiger partial charge is 0.490 e. The van der Waals surface area contributed by atoms with Gasteiger partial charge in [-0.1, -0.05) is 0 Å². The molecule has 0 fully saturated rings. The predicted molar refractivity (Wildman–Crippen MR) is 54.4 cm³/mol. The fourth-order valence-corrected chi connectivity index (χ4v) is 1.29. The molecule has 0 N–H and O–H groups in total. The van der Waals surface area contributed by atoms with Crippen LogP contribution >= 0.6 is 0 Å². The Kier molecular flexibility index (Phi) is 3.20. The summed E-state index contributed by atoms with van der Waals surface area (Å²) < 4.78 is 4.83. The number of rotatable bonds is 3. The average Bonchev–Trinajstić information content (AvgIpc) is 2.26. The standard InChI is InChI=1S/C10H8N2O4/c1-6(13)8-3-7(5-11)4-9(12(14)15)10(8)16-2/h3-4H,1-2H3. The molecule has 1 aromatic rings. The van der Waals surface area contributed by atoms with Crippen molar-refractivity contribution in [3.63, 3.8) is 0 Å². The normalized spacial score (nSPS) is 9.31. The van der Waals surface area contributed by atoms with Crippen LogP contribution in [0.4, 0.5) is 5.69 Å². The van der Waals surface area contributed by atoms with E-state index in [1.807, 2.05) is 0 Å². The highest BCUT2D eigenvalue weighted by molar-refractivity contribution is 5.98. The van der Waals surface area contributed by atoms with Gasteiger partial charge in [-0.3, -0.25) is 14.9 Å². The quantitative estimate of drug-likeness (QED) is 0.438. The Labute approximate surface area is 91.2 Å². The number of nitrogens with zero attached hydrogens (tertiary/aromatic N) is 2. The Morgan fingerprint density at radius 1 is 1.56 bits per heavy atom. The maximum atomic E-state index is 11.3. The van der Waals surface area contributed by atoms with E-state index in [2.05, 4.69) is 0 Å². The molecule has 0 unspecified atom stereocenters. The van der Waals surface area contributed by atoms with Crippen LogP contribution in [0.2, 0.25) is 0 Å². The van der Waals surface area contributed by atoms with Crippen LogP contribution < -0.4 is 4.74 Å². The van der Waals surface area contributed by atoms with Crippen molar-refractivity contribution in [2.45, 2.75) is 6.92 Å². The number of ether oxygens (including phenoxy) is 1. The first-order valence-corrected chi connectivity index (χ1v) is 4.28.